The standard InChI is InChI=1S/C32H33N3O6S/c1-23-9-16-28(17-10-23)42(37,38)35-29(26-7-5-4-6-8-26)20-32(36)34-33-21-25-13-18-30(31(19-25)40-3)41-22-24-11-14-27(39-2)15-12-24/h4-19,21,29,35H,20,22H2,1-3H3,(H,34,36)/b33-21-/t29-/m1/s1. The third kappa shape index (κ3) is 8.42. The summed E-state index contributed by atoms with van der Waals surface area (Å²) in [5.74, 6) is 1.37. The van der Waals surface area contributed by atoms with Crippen molar-refractivity contribution >= 4 is 22.1 Å². The summed E-state index contributed by atoms with van der Waals surface area (Å²) >= 11 is 0. The Morgan fingerprint density at radius 2 is 1.60 bits per heavy atom. The van der Waals surface area contributed by atoms with Gasteiger partial charge in [0, 0.05) is 6.42 Å². The van der Waals surface area contributed by atoms with Crippen molar-refractivity contribution in [3.05, 3.63) is 119 Å². The highest BCUT2D eigenvalue weighted by atomic mass is 32.2. The number of rotatable bonds is 13. The van der Waals surface area contributed by atoms with E-state index in [0.29, 0.717) is 29.2 Å². The van der Waals surface area contributed by atoms with Crippen LogP contribution in [-0.2, 0) is 21.4 Å². The highest BCUT2D eigenvalue weighted by Gasteiger charge is 2.23. The predicted molar refractivity (Wildman–Crippen MR) is 161 cm³/mol. The molecule has 4 aromatic rings. The summed E-state index contributed by atoms with van der Waals surface area (Å²) < 4.78 is 45.3. The highest BCUT2D eigenvalue weighted by molar-refractivity contribution is 7.89. The molecule has 4 rings (SSSR count). The van der Waals surface area contributed by atoms with Gasteiger partial charge >= 0.3 is 0 Å². The van der Waals surface area contributed by atoms with Crippen molar-refractivity contribution in [2.45, 2.75) is 30.9 Å². The second kappa shape index (κ2) is 14.3. The Labute approximate surface area is 246 Å². The fourth-order valence-electron chi connectivity index (χ4n) is 4.06. The highest BCUT2D eigenvalue weighted by Crippen LogP contribution is 2.28. The van der Waals surface area contributed by atoms with E-state index in [0.717, 1.165) is 16.9 Å². The van der Waals surface area contributed by atoms with Crippen molar-refractivity contribution in [3.8, 4) is 17.2 Å². The lowest BCUT2D eigenvalue weighted by Crippen LogP contribution is -2.32. The van der Waals surface area contributed by atoms with Crippen LogP contribution in [-0.4, -0.2) is 34.8 Å². The van der Waals surface area contributed by atoms with Crippen LogP contribution in [0.2, 0.25) is 0 Å². The minimum atomic E-state index is -3.87. The number of methoxy groups -OCH3 is 2. The Morgan fingerprint density at radius 1 is 0.881 bits per heavy atom. The van der Waals surface area contributed by atoms with E-state index in [1.54, 1.807) is 68.8 Å². The summed E-state index contributed by atoms with van der Waals surface area (Å²) in [4.78, 5) is 12.9. The molecule has 0 spiro atoms. The number of nitrogens with zero attached hydrogens (tertiary/aromatic N) is 1. The predicted octanol–water partition coefficient (Wildman–Crippen LogP) is 5.15. The molecule has 0 aliphatic carbocycles. The maximum Gasteiger partial charge on any atom is 0.242 e. The molecule has 0 saturated heterocycles. The SMILES string of the molecule is COc1ccc(COc2ccc(/C=N\NC(=O)C[C@@H](NS(=O)(=O)c3ccc(C)cc3)c3ccccc3)cc2OC)cc1. The smallest absolute Gasteiger partial charge is 0.242 e. The normalized spacial score (nSPS) is 12.1. The van der Waals surface area contributed by atoms with Crippen LogP contribution in [0.4, 0.5) is 0 Å². The summed E-state index contributed by atoms with van der Waals surface area (Å²) in [5, 5.41) is 4.06. The average molecular weight is 588 g/mol. The van der Waals surface area contributed by atoms with Crippen molar-refractivity contribution in [3.63, 3.8) is 0 Å². The molecule has 218 valence electrons. The van der Waals surface area contributed by atoms with E-state index in [1.165, 1.54) is 18.3 Å². The number of carbonyl (C=O) groups excluding carboxylic acids is 1. The number of sulfonamides is 1. The van der Waals surface area contributed by atoms with Crippen molar-refractivity contribution in [1.29, 1.82) is 0 Å². The summed E-state index contributed by atoms with van der Waals surface area (Å²) in [7, 11) is -0.713. The first kappa shape index (κ1) is 30.3. The summed E-state index contributed by atoms with van der Waals surface area (Å²) in [5.41, 5.74) is 5.73. The van der Waals surface area contributed by atoms with Gasteiger partial charge in [-0.1, -0.05) is 60.2 Å². The number of carbonyl (C=O) groups is 1. The van der Waals surface area contributed by atoms with Gasteiger partial charge in [-0.25, -0.2) is 18.6 Å². The first-order valence-electron chi connectivity index (χ1n) is 13.2. The average Bonchev–Trinajstić information content (AvgIpc) is 3.00. The van der Waals surface area contributed by atoms with Crippen molar-refractivity contribution in [2.75, 3.05) is 14.2 Å². The van der Waals surface area contributed by atoms with Gasteiger partial charge in [0.1, 0.15) is 12.4 Å². The number of amides is 1. The number of hydrogen-bond acceptors (Lipinski definition) is 7. The summed E-state index contributed by atoms with van der Waals surface area (Å²) in [6.07, 6.45) is 1.32. The van der Waals surface area contributed by atoms with Gasteiger partial charge in [-0.05, 0) is 66.1 Å². The molecule has 0 aromatic heterocycles. The van der Waals surface area contributed by atoms with E-state index >= 15 is 0 Å². The third-order valence-corrected chi connectivity index (χ3v) is 7.85. The first-order valence-corrected chi connectivity index (χ1v) is 14.7. The van der Waals surface area contributed by atoms with Gasteiger partial charge in [-0.15, -0.1) is 0 Å². The molecular weight excluding hydrogens is 554 g/mol. The minimum absolute atomic E-state index is 0.123. The molecule has 0 aliphatic rings. The molecule has 0 unspecified atom stereocenters. The van der Waals surface area contributed by atoms with Gasteiger partial charge in [0.15, 0.2) is 11.5 Å². The number of ether oxygens (including phenoxy) is 3. The minimum Gasteiger partial charge on any atom is -0.497 e. The molecule has 9 nitrogen and oxygen atoms in total. The zero-order valence-corrected chi connectivity index (χ0v) is 24.4. The zero-order chi connectivity index (χ0) is 30.0. The van der Waals surface area contributed by atoms with Crippen LogP contribution >= 0.6 is 0 Å². The lowest BCUT2D eigenvalue weighted by molar-refractivity contribution is -0.121. The van der Waals surface area contributed by atoms with E-state index in [2.05, 4.69) is 15.2 Å². The van der Waals surface area contributed by atoms with Gasteiger partial charge < -0.3 is 14.2 Å². The Kier molecular flexibility index (Phi) is 10.3. The maximum absolute atomic E-state index is 13.0. The van der Waals surface area contributed by atoms with Gasteiger partial charge in [-0.2, -0.15) is 5.10 Å². The van der Waals surface area contributed by atoms with E-state index in [-0.39, 0.29) is 11.3 Å². The topological polar surface area (TPSA) is 115 Å². The first-order chi connectivity index (χ1) is 20.3. The Hall–Kier alpha value is -4.67. The molecular formula is C32H33N3O6S. The van der Waals surface area contributed by atoms with E-state index in [4.69, 9.17) is 14.2 Å². The van der Waals surface area contributed by atoms with Crippen LogP contribution in [0.5, 0.6) is 17.2 Å². The molecule has 4 aromatic carbocycles. The van der Waals surface area contributed by atoms with Crippen LogP contribution in [0.3, 0.4) is 0 Å². The van der Waals surface area contributed by atoms with Gasteiger partial charge in [-0.3, -0.25) is 4.79 Å². The second-order valence-electron chi connectivity index (χ2n) is 9.44. The molecule has 0 aliphatic heterocycles. The largest absolute Gasteiger partial charge is 0.497 e. The van der Waals surface area contributed by atoms with Gasteiger partial charge in [0.2, 0.25) is 15.9 Å². The second-order valence-corrected chi connectivity index (χ2v) is 11.2. The molecule has 10 heteroatoms. The number of aryl methyl sites for hydroxylation is 1. The molecule has 2 N–H and O–H groups in total. The molecule has 0 bridgehead atoms. The number of benzene rings is 4. The fourth-order valence-corrected chi connectivity index (χ4v) is 5.29. The summed E-state index contributed by atoms with van der Waals surface area (Å²) in [6, 6.07) is 27.5. The molecule has 0 radical (unpaired) electrons. The van der Waals surface area contributed by atoms with Crippen molar-refractivity contribution in [1.82, 2.24) is 10.1 Å². The van der Waals surface area contributed by atoms with Crippen molar-refractivity contribution in [2.24, 2.45) is 5.10 Å². The van der Waals surface area contributed by atoms with Crippen LogP contribution < -0.4 is 24.4 Å². The molecule has 0 saturated carbocycles. The molecule has 0 fully saturated rings. The Morgan fingerprint density at radius 3 is 2.26 bits per heavy atom. The van der Waals surface area contributed by atoms with Crippen LogP contribution in [0.15, 0.2) is 107 Å². The quantitative estimate of drug-likeness (QED) is 0.165. The number of hydrazone groups is 1. The lowest BCUT2D eigenvalue weighted by atomic mass is 10.0. The molecule has 0 heterocycles. The van der Waals surface area contributed by atoms with E-state index < -0.39 is 22.0 Å². The van der Waals surface area contributed by atoms with Crippen LogP contribution in [0.1, 0.15) is 34.7 Å². The molecule has 1 amide bonds. The number of nitrogens with one attached hydrogen (secondary N) is 2. The Bertz CT molecular complexity index is 1610. The molecule has 42 heavy (non-hydrogen) atoms. The van der Waals surface area contributed by atoms with Gasteiger partial charge in [0.25, 0.3) is 0 Å². The monoisotopic (exact) mass is 587 g/mol. The lowest BCUT2D eigenvalue weighted by Gasteiger charge is -2.18. The zero-order valence-electron chi connectivity index (χ0n) is 23.6. The van der Waals surface area contributed by atoms with E-state index in [1.807, 2.05) is 37.3 Å². The third-order valence-electron chi connectivity index (χ3n) is 6.36. The fraction of sp³-hybridized carbons (Fsp3) is 0.188. The van der Waals surface area contributed by atoms with E-state index in [9.17, 15) is 13.2 Å². The maximum atomic E-state index is 13.0. The van der Waals surface area contributed by atoms with Gasteiger partial charge in [0.05, 0.1) is 31.4 Å². The Balaban J connectivity index is 1.39. The number of hydrogen-bond donors (Lipinski definition) is 2. The summed E-state index contributed by atoms with van der Waals surface area (Å²) in [6.45, 7) is 2.23. The van der Waals surface area contributed by atoms with Crippen molar-refractivity contribution < 1.29 is 27.4 Å². The van der Waals surface area contributed by atoms with Crippen LogP contribution in [0.25, 0.3) is 0 Å². The van der Waals surface area contributed by atoms with Crippen LogP contribution in [0, 0.1) is 6.92 Å². The molecule has 1 atom stereocenters.